The van der Waals surface area contributed by atoms with Crippen molar-refractivity contribution in [2.24, 2.45) is 7.05 Å². The first-order chi connectivity index (χ1) is 17.6. The monoisotopic (exact) mass is 618 g/mol. The zero-order chi connectivity index (χ0) is 31.7. The number of nitrogens with zero attached hydrogens (tertiary/aromatic N) is 1. The van der Waals surface area contributed by atoms with Gasteiger partial charge >= 0.3 is 0 Å². The molecule has 252 valence electrons. The van der Waals surface area contributed by atoms with E-state index in [1.54, 1.807) is 0 Å². The minimum absolute atomic E-state index is 0. The maximum Gasteiger partial charge on any atom is 0.109 e. The first kappa shape index (κ1) is 45.7. The molecule has 0 fully saturated rings. The van der Waals surface area contributed by atoms with Gasteiger partial charge in [0, 0.05) is 49.8 Å². The zero-order valence-corrected chi connectivity index (χ0v) is 30.5. The van der Waals surface area contributed by atoms with E-state index in [2.05, 4.69) is 173 Å². The largest absolute Gasteiger partial charge is 0.465 e. The van der Waals surface area contributed by atoms with Crippen molar-refractivity contribution in [2.45, 2.75) is 179 Å². The average molecular weight is 618 g/mol. The molecule has 3 aromatic rings. The molecule has 0 saturated carbocycles. The van der Waals surface area contributed by atoms with Gasteiger partial charge in [-0.3, -0.25) is 0 Å². The SMILES string of the molecule is C.C.C.CC(C)(C)c1ccc(C(C)(C)C)o1.CC(C)(C)c1ccc(C(C)(C)C)s1.Cn1c(C(C)(C)C)ccc1C(C)(C)C. The molecular weight excluding hydrogens is 543 g/mol. The van der Waals surface area contributed by atoms with Gasteiger partial charge in [-0.1, -0.05) is 147 Å². The molecule has 0 amide bonds. The molecule has 0 spiro atoms. The second-order valence-electron chi connectivity index (χ2n) is 17.5. The van der Waals surface area contributed by atoms with Crippen LogP contribution in [0, 0.1) is 0 Å². The molecule has 3 aromatic heterocycles. The van der Waals surface area contributed by atoms with Crippen LogP contribution in [0.3, 0.4) is 0 Å². The second-order valence-corrected chi connectivity index (χ2v) is 18.6. The predicted molar refractivity (Wildman–Crippen MR) is 201 cm³/mol. The third kappa shape index (κ3) is 13.8. The molecule has 0 saturated heterocycles. The van der Waals surface area contributed by atoms with E-state index in [0.717, 1.165) is 11.5 Å². The lowest BCUT2D eigenvalue weighted by Gasteiger charge is -2.25. The predicted octanol–water partition coefficient (Wildman–Crippen LogP) is 13.7. The van der Waals surface area contributed by atoms with Gasteiger partial charge in [0.25, 0.3) is 0 Å². The number of hydrogen-bond acceptors (Lipinski definition) is 2. The number of aromatic nitrogens is 1. The van der Waals surface area contributed by atoms with Crippen LogP contribution in [0.5, 0.6) is 0 Å². The highest BCUT2D eigenvalue weighted by Crippen LogP contribution is 2.35. The topological polar surface area (TPSA) is 18.1 Å². The molecule has 0 atom stereocenters. The van der Waals surface area contributed by atoms with Gasteiger partial charge in [-0.05, 0) is 47.2 Å². The van der Waals surface area contributed by atoms with Crippen LogP contribution >= 0.6 is 11.3 Å². The molecule has 2 nitrogen and oxygen atoms in total. The summed E-state index contributed by atoms with van der Waals surface area (Å²) in [4.78, 5) is 2.97. The highest BCUT2D eigenvalue weighted by Gasteiger charge is 2.25. The fourth-order valence-corrected chi connectivity index (χ4v) is 5.43. The van der Waals surface area contributed by atoms with Crippen molar-refractivity contribution < 1.29 is 4.42 Å². The maximum atomic E-state index is 5.81. The lowest BCUT2D eigenvalue weighted by Crippen LogP contribution is -2.21. The van der Waals surface area contributed by atoms with E-state index in [9.17, 15) is 0 Å². The molecule has 0 N–H and O–H groups in total. The van der Waals surface area contributed by atoms with E-state index in [0.29, 0.717) is 10.8 Å². The van der Waals surface area contributed by atoms with Crippen LogP contribution in [0.4, 0.5) is 0 Å². The number of hydrogen-bond donors (Lipinski definition) is 0. The molecule has 43 heavy (non-hydrogen) atoms. The van der Waals surface area contributed by atoms with Crippen molar-refractivity contribution in [1.29, 1.82) is 0 Å². The van der Waals surface area contributed by atoms with Crippen molar-refractivity contribution in [1.82, 2.24) is 4.57 Å². The van der Waals surface area contributed by atoms with Crippen LogP contribution in [0.1, 0.15) is 180 Å². The molecule has 0 bridgehead atoms. The highest BCUT2D eigenvalue weighted by molar-refractivity contribution is 7.12. The molecule has 3 rings (SSSR count). The molecular formula is C40H75NOS. The van der Waals surface area contributed by atoms with E-state index < -0.39 is 0 Å². The maximum absolute atomic E-state index is 5.81. The minimum Gasteiger partial charge on any atom is -0.465 e. The Hall–Kier alpha value is -1.74. The first-order valence-electron chi connectivity index (χ1n) is 14.9. The van der Waals surface area contributed by atoms with Gasteiger partial charge in [-0.15, -0.1) is 11.3 Å². The fourth-order valence-electron chi connectivity index (χ4n) is 4.31. The Labute approximate surface area is 275 Å². The third-order valence-electron chi connectivity index (χ3n) is 6.83. The third-order valence-corrected chi connectivity index (χ3v) is 8.76. The Morgan fingerprint density at radius 3 is 0.837 bits per heavy atom. The molecule has 3 heterocycles. The summed E-state index contributed by atoms with van der Waals surface area (Å²) in [6.45, 7) is 40.2. The summed E-state index contributed by atoms with van der Waals surface area (Å²) >= 11 is 1.95. The van der Waals surface area contributed by atoms with Crippen LogP contribution < -0.4 is 0 Å². The smallest absolute Gasteiger partial charge is 0.109 e. The summed E-state index contributed by atoms with van der Waals surface area (Å²) in [7, 11) is 2.17. The summed E-state index contributed by atoms with van der Waals surface area (Å²) in [5, 5.41) is 0. The van der Waals surface area contributed by atoms with Gasteiger partial charge in [-0.25, -0.2) is 0 Å². The summed E-state index contributed by atoms with van der Waals surface area (Å²) in [5.41, 5.74) is 4.11. The van der Waals surface area contributed by atoms with Gasteiger partial charge in [0.1, 0.15) is 11.5 Å². The lowest BCUT2D eigenvalue weighted by molar-refractivity contribution is 0.344. The second kappa shape index (κ2) is 15.5. The average Bonchev–Trinajstić information content (AvgIpc) is 3.45. The van der Waals surface area contributed by atoms with Gasteiger partial charge in [0.05, 0.1) is 0 Å². The van der Waals surface area contributed by atoms with Crippen LogP contribution in [-0.2, 0) is 39.5 Å². The number of furan rings is 1. The Morgan fingerprint density at radius 2 is 0.698 bits per heavy atom. The zero-order valence-electron chi connectivity index (χ0n) is 29.7. The molecule has 0 aromatic carbocycles. The molecule has 0 unspecified atom stereocenters. The van der Waals surface area contributed by atoms with Crippen molar-refractivity contribution >= 4 is 11.3 Å². The van der Waals surface area contributed by atoms with Gasteiger partial charge in [0.15, 0.2) is 0 Å². The van der Waals surface area contributed by atoms with Crippen LogP contribution in [0.2, 0.25) is 0 Å². The van der Waals surface area contributed by atoms with Crippen LogP contribution in [0.25, 0.3) is 0 Å². The highest BCUT2D eigenvalue weighted by atomic mass is 32.1. The summed E-state index contributed by atoms with van der Waals surface area (Å²) in [6, 6.07) is 13.2. The van der Waals surface area contributed by atoms with E-state index in [1.807, 2.05) is 11.3 Å². The lowest BCUT2D eigenvalue weighted by atomic mass is 9.92. The minimum atomic E-state index is 0. The molecule has 0 radical (unpaired) electrons. The van der Waals surface area contributed by atoms with Gasteiger partial charge < -0.3 is 8.98 Å². The van der Waals surface area contributed by atoms with E-state index in [1.165, 1.54) is 21.1 Å². The quantitative estimate of drug-likeness (QED) is 0.245. The number of rotatable bonds is 0. The van der Waals surface area contributed by atoms with Crippen LogP contribution in [0.15, 0.2) is 40.8 Å². The summed E-state index contributed by atoms with van der Waals surface area (Å²) in [6.07, 6.45) is 0. The molecule has 0 aliphatic carbocycles. The summed E-state index contributed by atoms with van der Waals surface area (Å²) in [5.74, 6) is 2.13. The standard InChI is InChI=1S/C13H23N.C12H20O.C12H20S.3CH4/c1-12(2,3)10-8-9-11(14(10)7)13(4,5)6;2*1-11(2,3)9-7-8-10(13-9)12(4,5)6;;;/h8-9H,1-7H3;2*7-8H,1-6H3;3*1H4. The van der Waals surface area contributed by atoms with Crippen molar-refractivity contribution in [3.8, 4) is 0 Å². The number of thiophene rings is 1. The van der Waals surface area contributed by atoms with Gasteiger partial charge in [0.2, 0.25) is 0 Å². The van der Waals surface area contributed by atoms with Gasteiger partial charge in [-0.2, -0.15) is 0 Å². The Kier molecular flexibility index (Phi) is 16.5. The molecule has 0 aliphatic heterocycles. The molecule has 3 heteroatoms. The fraction of sp³-hybridized carbons (Fsp3) is 0.700. The van der Waals surface area contributed by atoms with E-state index >= 15 is 0 Å². The first-order valence-corrected chi connectivity index (χ1v) is 15.8. The van der Waals surface area contributed by atoms with E-state index in [4.69, 9.17) is 4.42 Å². The Morgan fingerprint density at radius 1 is 0.419 bits per heavy atom. The van der Waals surface area contributed by atoms with Crippen molar-refractivity contribution in [2.75, 3.05) is 0 Å². The molecule has 0 aliphatic rings. The summed E-state index contributed by atoms with van der Waals surface area (Å²) < 4.78 is 8.15. The van der Waals surface area contributed by atoms with Crippen molar-refractivity contribution in [3.05, 3.63) is 69.1 Å². The van der Waals surface area contributed by atoms with Crippen molar-refractivity contribution in [3.63, 3.8) is 0 Å². The Balaban J connectivity index is -0.000000540. The normalized spacial score (nSPS) is 12.4. The van der Waals surface area contributed by atoms with Crippen LogP contribution in [-0.4, -0.2) is 4.57 Å². The Bertz CT molecular complexity index is 1040. The van der Waals surface area contributed by atoms with E-state index in [-0.39, 0.29) is 43.9 Å².